The van der Waals surface area contributed by atoms with E-state index in [1.165, 1.54) is 12.1 Å². The number of halogens is 1. The molecule has 1 saturated heterocycles. The second-order valence-electron chi connectivity index (χ2n) is 4.51. The third kappa shape index (κ3) is 3.22. The van der Waals surface area contributed by atoms with Crippen LogP contribution in [-0.2, 0) is 4.79 Å². The Bertz CT molecular complexity index is 414. The number of rotatable bonds is 3. The van der Waals surface area contributed by atoms with Crippen LogP contribution in [0, 0.1) is 5.82 Å². The van der Waals surface area contributed by atoms with Crippen molar-refractivity contribution in [3.8, 4) is 5.75 Å². The fourth-order valence-corrected chi connectivity index (χ4v) is 2.18. The van der Waals surface area contributed by atoms with Gasteiger partial charge in [0.1, 0.15) is 17.7 Å². The van der Waals surface area contributed by atoms with Crippen molar-refractivity contribution in [2.24, 2.45) is 0 Å². The molecule has 1 aliphatic heterocycles. The zero-order chi connectivity index (χ0) is 13.0. The Hall–Kier alpha value is -1.58. The minimum atomic E-state index is -0.286. The first-order chi connectivity index (χ1) is 8.69. The molecule has 0 aliphatic carbocycles. The number of ether oxygens (including phenoxy) is 1. The molecule has 3 nitrogen and oxygen atoms in total. The Morgan fingerprint density at radius 2 is 2.17 bits per heavy atom. The summed E-state index contributed by atoms with van der Waals surface area (Å²) >= 11 is 0. The van der Waals surface area contributed by atoms with Crippen LogP contribution in [-0.4, -0.2) is 30.0 Å². The molecule has 4 heteroatoms. The van der Waals surface area contributed by atoms with Gasteiger partial charge in [0.15, 0.2) is 0 Å². The first kappa shape index (κ1) is 12.9. The minimum absolute atomic E-state index is 0.0766. The van der Waals surface area contributed by atoms with Crippen LogP contribution >= 0.6 is 0 Å². The normalized spacial score (nSPS) is 16.7. The fraction of sp³-hybridized carbons (Fsp3) is 0.500. The lowest BCUT2D eigenvalue weighted by atomic mass is 10.1. The van der Waals surface area contributed by atoms with Gasteiger partial charge in [-0.05, 0) is 12.1 Å². The van der Waals surface area contributed by atoms with Gasteiger partial charge in [-0.15, -0.1) is 0 Å². The third-order valence-electron chi connectivity index (χ3n) is 3.20. The van der Waals surface area contributed by atoms with Crippen molar-refractivity contribution in [3.05, 3.63) is 30.1 Å². The zero-order valence-electron chi connectivity index (χ0n) is 10.6. The second-order valence-corrected chi connectivity index (χ2v) is 4.51. The number of nitrogens with zero attached hydrogens (tertiary/aromatic N) is 1. The molecule has 98 valence electrons. The van der Waals surface area contributed by atoms with Gasteiger partial charge in [-0.25, -0.2) is 4.39 Å². The maximum atomic E-state index is 13.0. The van der Waals surface area contributed by atoms with Crippen LogP contribution < -0.4 is 4.74 Å². The molecule has 1 amide bonds. The Balaban J connectivity index is 1.85. The van der Waals surface area contributed by atoms with E-state index in [9.17, 15) is 9.18 Å². The number of likely N-dealkylation sites (tertiary alicyclic amines) is 1. The molecular weight excluding hydrogens is 233 g/mol. The minimum Gasteiger partial charge on any atom is -0.490 e. The van der Waals surface area contributed by atoms with Crippen molar-refractivity contribution in [1.29, 1.82) is 0 Å². The molecule has 1 fully saturated rings. The highest BCUT2D eigenvalue weighted by atomic mass is 19.1. The van der Waals surface area contributed by atoms with Crippen LogP contribution in [0.3, 0.4) is 0 Å². The summed E-state index contributed by atoms with van der Waals surface area (Å²) in [6.07, 6.45) is 2.24. The summed E-state index contributed by atoms with van der Waals surface area (Å²) in [7, 11) is 0. The van der Waals surface area contributed by atoms with Gasteiger partial charge in [0.2, 0.25) is 5.91 Å². The van der Waals surface area contributed by atoms with Crippen molar-refractivity contribution in [3.63, 3.8) is 0 Å². The van der Waals surface area contributed by atoms with E-state index in [0.29, 0.717) is 12.2 Å². The van der Waals surface area contributed by atoms with Gasteiger partial charge in [-0.2, -0.15) is 0 Å². The van der Waals surface area contributed by atoms with E-state index >= 15 is 0 Å². The molecule has 1 aromatic carbocycles. The lowest BCUT2D eigenvalue weighted by Crippen LogP contribution is -2.41. The molecular formula is C14H18FNO2. The number of piperidine rings is 1. The number of carbonyl (C=O) groups is 1. The SMILES string of the molecule is CCC(=O)N1CCC(Oc2cccc(F)c2)CC1. The number of hydrogen-bond acceptors (Lipinski definition) is 2. The van der Waals surface area contributed by atoms with Gasteiger partial charge in [-0.3, -0.25) is 4.79 Å². The highest BCUT2D eigenvalue weighted by Crippen LogP contribution is 2.20. The van der Waals surface area contributed by atoms with E-state index in [-0.39, 0.29) is 17.8 Å². The summed E-state index contributed by atoms with van der Waals surface area (Å²) in [5, 5.41) is 0. The highest BCUT2D eigenvalue weighted by molar-refractivity contribution is 5.75. The zero-order valence-corrected chi connectivity index (χ0v) is 10.6. The van der Waals surface area contributed by atoms with Crippen molar-refractivity contribution >= 4 is 5.91 Å². The van der Waals surface area contributed by atoms with Crippen molar-refractivity contribution in [1.82, 2.24) is 4.90 Å². The molecule has 0 N–H and O–H groups in total. The third-order valence-corrected chi connectivity index (χ3v) is 3.20. The molecule has 0 saturated carbocycles. The largest absolute Gasteiger partial charge is 0.490 e. The molecule has 1 aromatic rings. The summed E-state index contributed by atoms with van der Waals surface area (Å²) in [4.78, 5) is 13.4. The van der Waals surface area contributed by atoms with Crippen LogP contribution in [0.15, 0.2) is 24.3 Å². The number of benzene rings is 1. The van der Waals surface area contributed by atoms with E-state index in [0.717, 1.165) is 25.9 Å². The lowest BCUT2D eigenvalue weighted by Gasteiger charge is -2.32. The van der Waals surface area contributed by atoms with E-state index in [4.69, 9.17) is 4.74 Å². The first-order valence-electron chi connectivity index (χ1n) is 6.39. The van der Waals surface area contributed by atoms with E-state index in [1.54, 1.807) is 12.1 Å². The molecule has 0 unspecified atom stereocenters. The average molecular weight is 251 g/mol. The van der Waals surface area contributed by atoms with Gasteiger partial charge in [0.25, 0.3) is 0 Å². The molecule has 2 rings (SSSR count). The van der Waals surface area contributed by atoms with Gasteiger partial charge < -0.3 is 9.64 Å². The van der Waals surface area contributed by atoms with Crippen LogP contribution in [0.4, 0.5) is 4.39 Å². The smallest absolute Gasteiger partial charge is 0.222 e. The lowest BCUT2D eigenvalue weighted by molar-refractivity contribution is -0.132. The van der Waals surface area contributed by atoms with Gasteiger partial charge in [-0.1, -0.05) is 13.0 Å². The topological polar surface area (TPSA) is 29.5 Å². The standard InChI is InChI=1S/C14H18FNO2/c1-2-14(17)16-8-6-12(7-9-16)18-13-5-3-4-11(15)10-13/h3-5,10,12H,2,6-9H2,1H3. The predicted octanol–water partition coefficient (Wildman–Crippen LogP) is 2.61. The second kappa shape index (κ2) is 5.85. The quantitative estimate of drug-likeness (QED) is 0.826. The summed E-state index contributed by atoms with van der Waals surface area (Å²) in [6, 6.07) is 6.19. The molecule has 1 heterocycles. The summed E-state index contributed by atoms with van der Waals surface area (Å²) in [5.74, 6) is 0.473. The Kier molecular flexibility index (Phi) is 4.18. The highest BCUT2D eigenvalue weighted by Gasteiger charge is 2.22. The molecule has 0 radical (unpaired) electrons. The number of carbonyl (C=O) groups excluding carboxylic acids is 1. The van der Waals surface area contributed by atoms with Crippen LogP contribution in [0.5, 0.6) is 5.75 Å². The summed E-state index contributed by atoms with van der Waals surface area (Å²) in [6.45, 7) is 3.33. The fourth-order valence-electron chi connectivity index (χ4n) is 2.18. The summed E-state index contributed by atoms with van der Waals surface area (Å²) in [5.41, 5.74) is 0. The predicted molar refractivity (Wildman–Crippen MR) is 66.9 cm³/mol. The van der Waals surface area contributed by atoms with Crippen molar-refractivity contribution in [2.45, 2.75) is 32.3 Å². The maximum Gasteiger partial charge on any atom is 0.222 e. The molecule has 1 aliphatic rings. The Labute approximate surface area is 107 Å². The van der Waals surface area contributed by atoms with Crippen LogP contribution in [0.2, 0.25) is 0 Å². The molecule has 18 heavy (non-hydrogen) atoms. The first-order valence-corrected chi connectivity index (χ1v) is 6.39. The Morgan fingerprint density at radius 3 is 2.78 bits per heavy atom. The van der Waals surface area contributed by atoms with E-state index < -0.39 is 0 Å². The number of hydrogen-bond donors (Lipinski definition) is 0. The monoisotopic (exact) mass is 251 g/mol. The summed E-state index contributed by atoms with van der Waals surface area (Å²) < 4.78 is 18.7. The van der Waals surface area contributed by atoms with E-state index in [2.05, 4.69) is 0 Å². The molecule has 0 atom stereocenters. The van der Waals surface area contributed by atoms with Crippen molar-refractivity contribution in [2.75, 3.05) is 13.1 Å². The molecule has 0 aromatic heterocycles. The average Bonchev–Trinajstić information content (AvgIpc) is 2.39. The maximum absolute atomic E-state index is 13.0. The van der Waals surface area contributed by atoms with Gasteiger partial charge in [0.05, 0.1) is 0 Å². The Morgan fingerprint density at radius 1 is 1.44 bits per heavy atom. The van der Waals surface area contributed by atoms with Crippen LogP contribution in [0.1, 0.15) is 26.2 Å². The van der Waals surface area contributed by atoms with Gasteiger partial charge >= 0.3 is 0 Å². The van der Waals surface area contributed by atoms with Crippen LogP contribution in [0.25, 0.3) is 0 Å². The van der Waals surface area contributed by atoms with Gasteiger partial charge in [0, 0.05) is 38.4 Å². The van der Waals surface area contributed by atoms with Crippen molar-refractivity contribution < 1.29 is 13.9 Å². The molecule has 0 spiro atoms. The number of amides is 1. The molecule has 0 bridgehead atoms. The van der Waals surface area contributed by atoms with E-state index in [1.807, 2.05) is 11.8 Å².